The summed E-state index contributed by atoms with van der Waals surface area (Å²) in [5, 5.41) is 3.64. The number of hydrogen-bond donors (Lipinski definition) is 1. The molecule has 0 aliphatic heterocycles. The zero-order chi connectivity index (χ0) is 16.1. The lowest BCUT2D eigenvalue weighted by molar-refractivity contribution is -0.148. The summed E-state index contributed by atoms with van der Waals surface area (Å²) in [6, 6.07) is 4.76. The van der Waals surface area contributed by atoms with Crippen LogP contribution in [0, 0.1) is 11.8 Å². The maximum atomic E-state index is 12.2. The van der Waals surface area contributed by atoms with Crippen LogP contribution in [0.3, 0.4) is 0 Å². The van der Waals surface area contributed by atoms with Crippen LogP contribution in [0.5, 0.6) is 0 Å². The Morgan fingerprint density at radius 2 is 1.95 bits per heavy atom. The molecule has 2 atom stereocenters. The molecular weight excluding hydrogens is 325 g/mol. The van der Waals surface area contributed by atoms with Gasteiger partial charge in [-0.05, 0) is 37.0 Å². The van der Waals surface area contributed by atoms with Gasteiger partial charge in [-0.3, -0.25) is 9.59 Å². The molecule has 0 bridgehead atoms. The van der Waals surface area contributed by atoms with Crippen molar-refractivity contribution >= 4 is 35.1 Å². The zero-order valence-electron chi connectivity index (χ0n) is 12.4. The number of halogens is 2. The van der Waals surface area contributed by atoms with Gasteiger partial charge in [0.05, 0.1) is 23.1 Å². The van der Waals surface area contributed by atoms with E-state index in [9.17, 15) is 9.59 Å². The van der Waals surface area contributed by atoms with Crippen molar-refractivity contribution in [1.29, 1.82) is 0 Å². The third-order valence-electron chi connectivity index (χ3n) is 4.12. The summed E-state index contributed by atoms with van der Waals surface area (Å²) in [7, 11) is 1.41. The molecule has 1 aliphatic carbocycles. The maximum absolute atomic E-state index is 12.2. The van der Waals surface area contributed by atoms with E-state index in [0.29, 0.717) is 22.2 Å². The summed E-state index contributed by atoms with van der Waals surface area (Å²) in [5.41, 5.74) is 0.458. The van der Waals surface area contributed by atoms with E-state index in [0.717, 1.165) is 25.7 Å². The van der Waals surface area contributed by atoms with E-state index in [4.69, 9.17) is 27.9 Å². The Morgan fingerprint density at radius 3 is 2.64 bits per heavy atom. The molecule has 0 aromatic heterocycles. The van der Waals surface area contributed by atoms with Crippen LogP contribution in [0.15, 0.2) is 18.2 Å². The van der Waals surface area contributed by atoms with Crippen molar-refractivity contribution in [2.45, 2.75) is 25.7 Å². The second-order valence-electron chi connectivity index (χ2n) is 5.51. The predicted molar refractivity (Wildman–Crippen MR) is 86.3 cm³/mol. The number of carbonyl (C=O) groups excluding carboxylic acids is 2. The highest BCUT2D eigenvalue weighted by atomic mass is 35.5. The number of amides is 1. The minimum absolute atomic E-state index is 0.118. The Labute approximate surface area is 140 Å². The van der Waals surface area contributed by atoms with Gasteiger partial charge in [0.15, 0.2) is 0 Å². The first-order valence-corrected chi connectivity index (χ1v) is 8.09. The fourth-order valence-electron chi connectivity index (χ4n) is 2.88. The summed E-state index contributed by atoms with van der Waals surface area (Å²) < 4.78 is 4.86. The summed E-state index contributed by atoms with van der Waals surface area (Å²) in [4.78, 5) is 24.0. The SMILES string of the molecule is COC(=O)C1CCCCC1CNC(=O)c1ccc(Cl)c(Cl)c1. The van der Waals surface area contributed by atoms with Crippen LogP contribution in [-0.4, -0.2) is 25.5 Å². The molecule has 2 unspecified atom stereocenters. The first kappa shape index (κ1) is 17.1. The highest BCUT2D eigenvalue weighted by molar-refractivity contribution is 6.42. The van der Waals surface area contributed by atoms with Crippen LogP contribution in [0.4, 0.5) is 0 Å². The minimum Gasteiger partial charge on any atom is -0.469 e. The average Bonchev–Trinajstić information content (AvgIpc) is 2.54. The molecule has 120 valence electrons. The topological polar surface area (TPSA) is 55.4 Å². The predicted octanol–water partition coefficient (Wildman–Crippen LogP) is 3.70. The van der Waals surface area contributed by atoms with Gasteiger partial charge in [-0.25, -0.2) is 0 Å². The molecule has 0 saturated heterocycles. The van der Waals surface area contributed by atoms with E-state index in [-0.39, 0.29) is 23.7 Å². The number of benzene rings is 1. The normalized spacial score (nSPS) is 21.2. The molecule has 22 heavy (non-hydrogen) atoms. The van der Waals surface area contributed by atoms with Crippen molar-refractivity contribution in [2.75, 3.05) is 13.7 Å². The van der Waals surface area contributed by atoms with Crippen LogP contribution in [0.25, 0.3) is 0 Å². The molecule has 0 heterocycles. The number of methoxy groups -OCH3 is 1. The van der Waals surface area contributed by atoms with Crippen molar-refractivity contribution in [3.8, 4) is 0 Å². The summed E-state index contributed by atoms with van der Waals surface area (Å²) >= 11 is 11.8. The summed E-state index contributed by atoms with van der Waals surface area (Å²) in [6.07, 6.45) is 3.83. The van der Waals surface area contributed by atoms with Crippen LogP contribution in [0.2, 0.25) is 10.0 Å². The Kier molecular flexibility index (Phi) is 6.09. The van der Waals surface area contributed by atoms with Crippen LogP contribution >= 0.6 is 23.2 Å². The first-order valence-electron chi connectivity index (χ1n) is 7.34. The fourth-order valence-corrected chi connectivity index (χ4v) is 3.17. The number of carbonyl (C=O) groups is 2. The molecule has 1 aromatic carbocycles. The van der Waals surface area contributed by atoms with Gasteiger partial charge in [0.25, 0.3) is 5.91 Å². The molecule has 6 heteroatoms. The van der Waals surface area contributed by atoms with Crippen molar-refractivity contribution in [2.24, 2.45) is 11.8 Å². The van der Waals surface area contributed by atoms with E-state index >= 15 is 0 Å². The quantitative estimate of drug-likeness (QED) is 0.848. The number of esters is 1. The highest BCUT2D eigenvalue weighted by Crippen LogP contribution is 2.30. The molecule has 4 nitrogen and oxygen atoms in total. The van der Waals surface area contributed by atoms with E-state index < -0.39 is 0 Å². The average molecular weight is 344 g/mol. The van der Waals surface area contributed by atoms with E-state index in [1.165, 1.54) is 13.2 Å². The minimum atomic E-state index is -0.215. The number of ether oxygens (including phenoxy) is 1. The lowest BCUT2D eigenvalue weighted by atomic mass is 9.79. The second-order valence-corrected chi connectivity index (χ2v) is 6.33. The molecule has 1 aliphatic rings. The van der Waals surface area contributed by atoms with Gasteiger partial charge in [-0.15, -0.1) is 0 Å². The van der Waals surface area contributed by atoms with E-state index in [2.05, 4.69) is 5.32 Å². The highest BCUT2D eigenvalue weighted by Gasteiger charge is 2.31. The zero-order valence-corrected chi connectivity index (χ0v) is 13.9. The Bertz CT molecular complexity index is 562. The smallest absolute Gasteiger partial charge is 0.309 e. The molecule has 0 spiro atoms. The largest absolute Gasteiger partial charge is 0.469 e. The standard InChI is InChI=1S/C16H19Cl2NO3/c1-22-16(21)12-5-3-2-4-11(12)9-19-15(20)10-6-7-13(17)14(18)8-10/h6-8,11-12H,2-5,9H2,1H3,(H,19,20). The summed E-state index contributed by atoms with van der Waals surface area (Å²) in [6.45, 7) is 0.457. The lowest BCUT2D eigenvalue weighted by Crippen LogP contribution is -2.37. The maximum Gasteiger partial charge on any atom is 0.309 e. The van der Waals surface area contributed by atoms with Gasteiger partial charge < -0.3 is 10.1 Å². The van der Waals surface area contributed by atoms with E-state index in [1.807, 2.05) is 0 Å². The van der Waals surface area contributed by atoms with Gasteiger partial charge in [-0.2, -0.15) is 0 Å². The number of hydrogen-bond acceptors (Lipinski definition) is 3. The Morgan fingerprint density at radius 1 is 1.23 bits per heavy atom. The number of rotatable bonds is 4. The molecule has 1 N–H and O–H groups in total. The van der Waals surface area contributed by atoms with Crippen molar-refractivity contribution in [3.05, 3.63) is 33.8 Å². The molecule has 1 aromatic rings. The van der Waals surface area contributed by atoms with Gasteiger partial charge in [0, 0.05) is 12.1 Å². The van der Waals surface area contributed by atoms with Gasteiger partial charge in [0.1, 0.15) is 0 Å². The molecule has 0 radical (unpaired) electrons. The monoisotopic (exact) mass is 343 g/mol. The molecular formula is C16H19Cl2NO3. The van der Waals surface area contributed by atoms with Crippen LogP contribution < -0.4 is 5.32 Å². The van der Waals surface area contributed by atoms with Gasteiger partial charge in [0.2, 0.25) is 0 Å². The van der Waals surface area contributed by atoms with Crippen LogP contribution in [-0.2, 0) is 9.53 Å². The third kappa shape index (κ3) is 4.14. The van der Waals surface area contributed by atoms with E-state index in [1.54, 1.807) is 12.1 Å². The first-order chi connectivity index (χ1) is 10.5. The number of nitrogens with one attached hydrogen (secondary N) is 1. The summed E-state index contributed by atoms with van der Waals surface area (Å²) in [5.74, 6) is -0.415. The second kappa shape index (κ2) is 7.84. The fraction of sp³-hybridized carbons (Fsp3) is 0.500. The van der Waals surface area contributed by atoms with Gasteiger partial charge >= 0.3 is 5.97 Å². The van der Waals surface area contributed by atoms with Crippen LogP contribution in [0.1, 0.15) is 36.0 Å². The molecule has 1 fully saturated rings. The Balaban J connectivity index is 1.96. The Hall–Kier alpha value is -1.26. The molecule has 1 saturated carbocycles. The third-order valence-corrected chi connectivity index (χ3v) is 4.86. The molecule has 2 rings (SSSR count). The lowest BCUT2D eigenvalue weighted by Gasteiger charge is -2.29. The van der Waals surface area contributed by atoms with Crippen molar-refractivity contribution in [3.63, 3.8) is 0 Å². The molecule has 1 amide bonds. The van der Waals surface area contributed by atoms with Crippen molar-refractivity contribution < 1.29 is 14.3 Å². The van der Waals surface area contributed by atoms with Crippen molar-refractivity contribution in [1.82, 2.24) is 5.32 Å². The van der Waals surface area contributed by atoms with Gasteiger partial charge in [-0.1, -0.05) is 36.0 Å².